The molecule has 1 saturated heterocycles. The molecule has 2 aromatic carbocycles. The van der Waals surface area contributed by atoms with E-state index in [1.807, 2.05) is 60.7 Å². The molecule has 3 unspecified atom stereocenters. The van der Waals surface area contributed by atoms with Crippen molar-refractivity contribution in [3.05, 3.63) is 71.8 Å². The van der Waals surface area contributed by atoms with Gasteiger partial charge in [-0.3, -0.25) is 9.59 Å². The SMILES string of the molecule is COC(=O)C[C@H](O[C@@H]1OC(COC(C)=O)[C@@H](OCc2ccccc2)C(O)C1OCc1ccccc1)C(=O)OC. The highest BCUT2D eigenvalue weighted by atomic mass is 16.7. The van der Waals surface area contributed by atoms with Gasteiger partial charge in [0.05, 0.1) is 33.9 Å². The average molecular weight is 547 g/mol. The molecule has 6 atom stereocenters. The molecule has 1 aliphatic heterocycles. The fourth-order valence-corrected chi connectivity index (χ4v) is 3.97. The fraction of sp³-hybridized carbons (Fsp3) is 0.464. The van der Waals surface area contributed by atoms with E-state index in [0.29, 0.717) is 0 Å². The van der Waals surface area contributed by atoms with Gasteiger partial charge in [-0.2, -0.15) is 0 Å². The Kier molecular flexibility index (Phi) is 11.8. The van der Waals surface area contributed by atoms with Crippen LogP contribution in [0.3, 0.4) is 0 Å². The number of hydrogen-bond acceptors (Lipinski definition) is 11. The third-order valence-corrected chi connectivity index (χ3v) is 5.98. The maximum absolute atomic E-state index is 12.4. The van der Waals surface area contributed by atoms with Gasteiger partial charge in [-0.1, -0.05) is 60.7 Å². The van der Waals surface area contributed by atoms with Crippen LogP contribution in [-0.2, 0) is 60.8 Å². The summed E-state index contributed by atoms with van der Waals surface area (Å²) in [5, 5.41) is 11.5. The summed E-state index contributed by atoms with van der Waals surface area (Å²) in [6.45, 7) is 1.18. The monoisotopic (exact) mass is 546 g/mol. The number of aliphatic hydroxyl groups is 1. The predicted molar refractivity (Wildman–Crippen MR) is 135 cm³/mol. The normalized spacial score (nSPS) is 23.4. The van der Waals surface area contributed by atoms with E-state index in [2.05, 4.69) is 4.74 Å². The molecule has 0 aliphatic carbocycles. The Morgan fingerprint density at radius 2 is 1.44 bits per heavy atom. The summed E-state index contributed by atoms with van der Waals surface area (Å²) in [7, 11) is 2.32. The van der Waals surface area contributed by atoms with Crippen molar-refractivity contribution in [1.82, 2.24) is 0 Å². The first-order valence-electron chi connectivity index (χ1n) is 12.4. The number of methoxy groups -OCH3 is 2. The van der Waals surface area contributed by atoms with Gasteiger partial charge in [0, 0.05) is 6.92 Å². The number of benzene rings is 2. The quantitative estimate of drug-likeness (QED) is 0.292. The van der Waals surface area contributed by atoms with Gasteiger partial charge in [0.1, 0.15) is 31.0 Å². The van der Waals surface area contributed by atoms with Crippen LogP contribution in [0.5, 0.6) is 0 Å². The second-order valence-corrected chi connectivity index (χ2v) is 8.79. The van der Waals surface area contributed by atoms with E-state index >= 15 is 0 Å². The minimum Gasteiger partial charge on any atom is -0.469 e. The van der Waals surface area contributed by atoms with Gasteiger partial charge in [0.2, 0.25) is 0 Å². The first kappa shape index (κ1) is 30.2. The van der Waals surface area contributed by atoms with Gasteiger partial charge in [0.15, 0.2) is 12.4 Å². The molecule has 3 rings (SSSR count). The Bertz CT molecular complexity index is 1050. The zero-order valence-corrected chi connectivity index (χ0v) is 22.1. The molecule has 11 nitrogen and oxygen atoms in total. The lowest BCUT2D eigenvalue weighted by molar-refractivity contribution is -0.326. The minimum absolute atomic E-state index is 0.0751. The highest BCUT2D eigenvalue weighted by Gasteiger charge is 2.49. The summed E-state index contributed by atoms with van der Waals surface area (Å²) < 4.78 is 38.6. The second kappa shape index (κ2) is 15.3. The number of aliphatic hydroxyl groups excluding tert-OH is 1. The number of carbonyl (C=O) groups is 3. The molecule has 11 heteroatoms. The molecular formula is C28H34O11. The largest absolute Gasteiger partial charge is 0.469 e. The van der Waals surface area contributed by atoms with Crippen molar-refractivity contribution >= 4 is 17.9 Å². The van der Waals surface area contributed by atoms with E-state index in [4.69, 9.17) is 28.4 Å². The Hall–Kier alpha value is -3.35. The lowest BCUT2D eigenvalue weighted by Crippen LogP contribution is -2.61. The molecule has 0 spiro atoms. The molecule has 1 N–H and O–H groups in total. The van der Waals surface area contributed by atoms with Crippen molar-refractivity contribution in [2.45, 2.75) is 63.4 Å². The molecule has 0 amide bonds. The fourth-order valence-electron chi connectivity index (χ4n) is 3.97. The van der Waals surface area contributed by atoms with Crippen LogP contribution in [0.4, 0.5) is 0 Å². The van der Waals surface area contributed by atoms with E-state index < -0.39 is 61.1 Å². The molecule has 0 bridgehead atoms. The van der Waals surface area contributed by atoms with E-state index in [1.165, 1.54) is 14.0 Å². The zero-order valence-electron chi connectivity index (χ0n) is 22.1. The predicted octanol–water partition coefficient (Wildman–Crippen LogP) is 1.93. The smallest absolute Gasteiger partial charge is 0.335 e. The minimum atomic E-state index is -1.42. The van der Waals surface area contributed by atoms with Crippen molar-refractivity contribution in [1.29, 1.82) is 0 Å². The Morgan fingerprint density at radius 1 is 0.872 bits per heavy atom. The summed E-state index contributed by atoms with van der Waals surface area (Å²) in [6.07, 6.45) is -7.74. The molecule has 1 aliphatic rings. The number of ether oxygens (including phenoxy) is 7. The van der Waals surface area contributed by atoms with Crippen LogP contribution in [0, 0.1) is 0 Å². The zero-order chi connectivity index (χ0) is 28.2. The van der Waals surface area contributed by atoms with Crippen molar-refractivity contribution in [3.8, 4) is 0 Å². The molecular weight excluding hydrogens is 512 g/mol. The lowest BCUT2D eigenvalue weighted by atomic mass is 9.98. The van der Waals surface area contributed by atoms with Gasteiger partial charge in [0.25, 0.3) is 0 Å². The number of esters is 3. The first-order chi connectivity index (χ1) is 18.8. The van der Waals surface area contributed by atoms with Crippen LogP contribution >= 0.6 is 0 Å². The van der Waals surface area contributed by atoms with E-state index in [0.717, 1.165) is 18.2 Å². The van der Waals surface area contributed by atoms with Crippen molar-refractivity contribution in [3.63, 3.8) is 0 Å². The van der Waals surface area contributed by atoms with Crippen molar-refractivity contribution < 1.29 is 52.6 Å². The van der Waals surface area contributed by atoms with E-state index in [-0.39, 0.29) is 19.8 Å². The molecule has 1 heterocycles. The van der Waals surface area contributed by atoms with Crippen molar-refractivity contribution in [2.24, 2.45) is 0 Å². The van der Waals surface area contributed by atoms with E-state index in [9.17, 15) is 19.5 Å². The van der Waals surface area contributed by atoms with Gasteiger partial charge < -0.3 is 38.3 Å². The number of rotatable bonds is 13. The van der Waals surface area contributed by atoms with Gasteiger partial charge >= 0.3 is 17.9 Å². The lowest BCUT2D eigenvalue weighted by Gasteiger charge is -2.44. The Balaban J connectivity index is 1.87. The molecule has 2 aromatic rings. The third-order valence-electron chi connectivity index (χ3n) is 5.98. The summed E-state index contributed by atoms with van der Waals surface area (Å²) in [6, 6.07) is 18.5. The molecule has 39 heavy (non-hydrogen) atoms. The standard InChI is InChI=1S/C28H34O11/c1-18(29)35-17-22-25(36-15-19-10-6-4-7-11-19)24(31)26(37-16-20-12-8-5-9-13-20)28(39-22)38-21(27(32)34-3)14-23(30)33-2/h4-13,21-22,24-26,28,31H,14-17H2,1-3H3/t21-,22?,24?,25+,26?,28+/m0/s1. The molecule has 0 radical (unpaired) electrons. The van der Waals surface area contributed by atoms with Crippen LogP contribution < -0.4 is 0 Å². The maximum Gasteiger partial charge on any atom is 0.335 e. The van der Waals surface area contributed by atoms with Crippen molar-refractivity contribution in [2.75, 3.05) is 20.8 Å². The summed E-state index contributed by atoms with van der Waals surface area (Å²) in [5.74, 6) is -2.13. The van der Waals surface area contributed by atoms with Gasteiger partial charge in [-0.25, -0.2) is 4.79 Å². The second-order valence-electron chi connectivity index (χ2n) is 8.79. The van der Waals surface area contributed by atoms with Gasteiger partial charge in [-0.05, 0) is 11.1 Å². The van der Waals surface area contributed by atoms with Gasteiger partial charge in [-0.15, -0.1) is 0 Å². The highest BCUT2D eigenvalue weighted by Crippen LogP contribution is 2.30. The van der Waals surface area contributed by atoms with Crippen LogP contribution in [0.2, 0.25) is 0 Å². The molecule has 0 aromatic heterocycles. The van der Waals surface area contributed by atoms with Crippen LogP contribution in [0.15, 0.2) is 60.7 Å². The maximum atomic E-state index is 12.4. The van der Waals surface area contributed by atoms with Crippen LogP contribution in [-0.4, -0.2) is 80.7 Å². The number of carbonyl (C=O) groups excluding carboxylic acids is 3. The third kappa shape index (κ3) is 9.12. The first-order valence-corrected chi connectivity index (χ1v) is 12.4. The molecule has 212 valence electrons. The molecule has 0 saturated carbocycles. The number of hydrogen-bond donors (Lipinski definition) is 1. The summed E-state index contributed by atoms with van der Waals surface area (Å²) >= 11 is 0. The van der Waals surface area contributed by atoms with E-state index in [1.54, 1.807) is 0 Å². The Labute approximate surface area is 226 Å². The average Bonchev–Trinajstić information content (AvgIpc) is 2.95. The topological polar surface area (TPSA) is 136 Å². The summed E-state index contributed by atoms with van der Waals surface area (Å²) in [4.78, 5) is 35.9. The highest BCUT2D eigenvalue weighted by molar-refractivity contribution is 5.81. The van der Waals surface area contributed by atoms with Crippen LogP contribution in [0.1, 0.15) is 24.5 Å². The van der Waals surface area contributed by atoms with Crippen LogP contribution in [0.25, 0.3) is 0 Å². The summed E-state index contributed by atoms with van der Waals surface area (Å²) in [5.41, 5.74) is 1.66. The Morgan fingerprint density at radius 3 is 1.95 bits per heavy atom. The molecule has 1 fully saturated rings.